The van der Waals surface area contributed by atoms with E-state index in [-0.39, 0.29) is 6.79 Å². The van der Waals surface area contributed by atoms with Gasteiger partial charge in [-0.1, -0.05) is 5.16 Å². The van der Waals surface area contributed by atoms with Crippen molar-refractivity contribution >= 4 is 0 Å². The van der Waals surface area contributed by atoms with Gasteiger partial charge in [0.05, 0.1) is 12.7 Å². The molecule has 0 aliphatic carbocycles. The van der Waals surface area contributed by atoms with Crippen LogP contribution in [0.4, 0.5) is 0 Å². The van der Waals surface area contributed by atoms with Crippen LogP contribution in [0.3, 0.4) is 0 Å². The van der Waals surface area contributed by atoms with Gasteiger partial charge in [-0.3, -0.25) is 9.58 Å². The maximum Gasteiger partial charge on any atom is 0.241 e. The first-order chi connectivity index (χ1) is 12.2. The predicted molar refractivity (Wildman–Crippen MR) is 89.1 cm³/mol. The van der Waals surface area contributed by atoms with Crippen LogP contribution in [0.25, 0.3) is 11.4 Å². The molecule has 0 amide bonds. The van der Waals surface area contributed by atoms with Crippen LogP contribution in [0.5, 0.6) is 11.5 Å². The number of ether oxygens (including phenoxy) is 2. The van der Waals surface area contributed by atoms with Crippen LogP contribution in [0, 0.1) is 0 Å². The Labute approximate surface area is 145 Å². The maximum absolute atomic E-state index is 5.38. The van der Waals surface area contributed by atoms with Crippen molar-refractivity contribution in [2.24, 2.45) is 7.05 Å². The van der Waals surface area contributed by atoms with Crippen molar-refractivity contribution in [3.05, 3.63) is 42.0 Å². The summed E-state index contributed by atoms with van der Waals surface area (Å²) in [5.74, 6) is 2.58. The summed E-state index contributed by atoms with van der Waals surface area (Å²) in [5, 5.41) is 8.24. The number of likely N-dealkylation sites (N-methyl/N-ethyl adjacent to an activating group) is 1. The van der Waals surface area contributed by atoms with Crippen LogP contribution in [-0.2, 0) is 20.0 Å². The smallest absolute Gasteiger partial charge is 0.241 e. The molecule has 0 bridgehead atoms. The van der Waals surface area contributed by atoms with Crippen LogP contribution in [-0.4, -0.2) is 45.2 Å². The fourth-order valence-corrected chi connectivity index (χ4v) is 2.70. The largest absolute Gasteiger partial charge is 0.454 e. The van der Waals surface area contributed by atoms with Gasteiger partial charge in [-0.2, -0.15) is 10.1 Å². The highest BCUT2D eigenvalue weighted by atomic mass is 16.7. The normalized spacial score (nSPS) is 12.9. The number of fused-ring (bicyclic) bond motifs is 1. The molecule has 8 nitrogen and oxygen atoms in total. The molecule has 0 N–H and O–H groups in total. The molecule has 0 fully saturated rings. The van der Waals surface area contributed by atoms with E-state index in [0.717, 1.165) is 24.3 Å². The van der Waals surface area contributed by atoms with E-state index in [1.165, 1.54) is 5.56 Å². The predicted octanol–water partition coefficient (Wildman–Crippen LogP) is 1.87. The second-order valence-electron chi connectivity index (χ2n) is 6.09. The maximum atomic E-state index is 5.38. The number of benzene rings is 1. The van der Waals surface area contributed by atoms with Crippen LogP contribution in [0.2, 0.25) is 0 Å². The quantitative estimate of drug-likeness (QED) is 0.677. The molecule has 0 spiro atoms. The zero-order valence-electron chi connectivity index (χ0n) is 14.2. The number of hydrogen-bond acceptors (Lipinski definition) is 7. The van der Waals surface area contributed by atoms with Gasteiger partial charge in [0, 0.05) is 25.4 Å². The number of aromatic nitrogens is 4. The Kier molecular flexibility index (Phi) is 4.10. The average Bonchev–Trinajstić information content (AvgIpc) is 3.32. The Morgan fingerprint density at radius 2 is 2.12 bits per heavy atom. The molecular formula is C17H19N5O3. The van der Waals surface area contributed by atoms with Crippen molar-refractivity contribution in [1.29, 1.82) is 0 Å². The van der Waals surface area contributed by atoms with E-state index in [4.69, 9.17) is 14.0 Å². The number of hydrogen-bond donors (Lipinski definition) is 0. The van der Waals surface area contributed by atoms with Crippen molar-refractivity contribution < 1.29 is 14.0 Å². The van der Waals surface area contributed by atoms with E-state index >= 15 is 0 Å². The molecule has 1 aliphatic rings. The number of aryl methyl sites for hydroxylation is 1. The third kappa shape index (κ3) is 3.48. The van der Waals surface area contributed by atoms with Crippen LogP contribution in [0.1, 0.15) is 11.5 Å². The molecule has 0 saturated carbocycles. The summed E-state index contributed by atoms with van der Waals surface area (Å²) in [7, 11) is 3.95. The zero-order chi connectivity index (χ0) is 17.2. The van der Waals surface area contributed by atoms with E-state index in [0.29, 0.717) is 24.0 Å². The third-order valence-corrected chi connectivity index (χ3v) is 4.04. The average molecular weight is 341 g/mol. The van der Waals surface area contributed by atoms with E-state index in [2.05, 4.69) is 20.1 Å². The molecular weight excluding hydrogens is 322 g/mol. The van der Waals surface area contributed by atoms with E-state index in [9.17, 15) is 0 Å². The third-order valence-electron chi connectivity index (χ3n) is 4.04. The minimum Gasteiger partial charge on any atom is -0.454 e. The summed E-state index contributed by atoms with van der Waals surface area (Å²) < 4.78 is 17.9. The van der Waals surface area contributed by atoms with E-state index < -0.39 is 0 Å². The first-order valence-corrected chi connectivity index (χ1v) is 8.06. The Morgan fingerprint density at radius 1 is 1.24 bits per heavy atom. The van der Waals surface area contributed by atoms with Crippen LogP contribution < -0.4 is 9.47 Å². The number of nitrogens with zero attached hydrogens (tertiary/aromatic N) is 5. The summed E-state index contributed by atoms with van der Waals surface area (Å²) >= 11 is 0. The summed E-state index contributed by atoms with van der Waals surface area (Å²) in [6.07, 6.45) is 4.84. The molecule has 3 aromatic rings. The lowest BCUT2D eigenvalue weighted by molar-refractivity contribution is 0.174. The van der Waals surface area contributed by atoms with Gasteiger partial charge in [-0.25, -0.2) is 0 Å². The lowest BCUT2D eigenvalue weighted by Gasteiger charge is -2.12. The highest BCUT2D eigenvalue weighted by Gasteiger charge is 2.17. The Bertz CT molecular complexity index is 873. The lowest BCUT2D eigenvalue weighted by atomic mass is 10.2. The molecule has 2 aromatic heterocycles. The van der Waals surface area contributed by atoms with Gasteiger partial charge in [-0.15, -0.1) is 0 Å². The highest BCUT2D eigenvalue weighted by Crippen LogP contribution is 2.35. The molecule has 0 unspecified atom stereocenters. The zero-order valence-corrected chi connectivity index (χ0v) is 14.2. The first kappa shape index (κ1) is 15.6. The van der Waals surface area contributed by atoms with Gasteiger partial charge >= 0.3 is 0 Å². The van der Waals surface area contributed by atoms with Crippen molar-refractivity contribution in [2.75, 3.05) is 20.4 Å². The molecule has 130 valence electrons. The molecule has 0 saturated heterocycles. The SMILES string of the molecule is CN(CCc1cnn(C)c1)Cc1nc(-c2ccc3c(c2)OCO3)no1. The fourth-order valence-electron chi connectivity index (χ4n) is 2.70. The van der Waals surface area contributed by atoms with Gasteiger partial charge in [0.25, 0.3) is 0 Å². The monoisotopic (exact) mass is 341 g/mol. The molecule has 1 aliphatic heterocycles. The van der Waals surface area contributed by atoms with Gasteiger partial charge in [0.2, 0.25) is 18.5 Å². The minimum atomic E-state index is 0.248. The summed E-state index contributed by atoms with van der Waals surface area (Å²) in [5.41, 5.74) is 2.05. The molecule has 0 atom stereocenters. The van der Waals surface area contributed by atoms with Gasteiger partial charge in [0.1, 0.15) is 0 Å². The van der Waals surface area contributed by atoms with E-state index in [1.54, 1.807) is 0 Å². The summed E-state index contributed by atoms with van der Waals surface area (Å²) in [4.78, 5) is 6.62. The lowest BCUT2D eigenvalue weighted by Crippen LogP contribution is -2.20. The second-order valence-corrected chi connectivity index (χ2v) is 6.09. The van der Waals surface area contributed by atoms with Gasteiger partial charge in [-0.05, 0) is 37.2 Å². The van der Waals surface area contributed by atoms with Crippen molar-refractivity contribution in [2.45, 2.75) is 13.0 Å². The van der Waals surface area contributed by atoms with Gasteiger partial charge in [0.15, 0.2) is 11.5 Å². The van der Waals surface area contributed by atoms with Crippen molar-refractivity contribution in [1.82, 2.24) is 24.8 Å². The van der Waals surface area contributed by atoms with Crippen LogP contribution in [0.15, 0.2) is 35.1 Å². The molecule has 1 aromatic carbocycles. The number of rotatable bonds is 6. The highest BCUT2D eigenvalue weighted by molar-refractivity contribution is 5.61. The first-order valence-electron chi connectivity index (χ1n) is 8.06. The minimum absolute atomic E-state index is 0.248. The Balaban J connectivity index is 1.37. The van der Waals surface area contributed by atoms with Crippen molar-refractivity contribution in [3.63, 3.8) is 0 Å². The van der Waals surface area contributed by atoms with Crippen LogP contribution >= 0.6 is 0 Å². The molecule has 3 heterocycles. The molecule has 0 radical (unpaired) electrons. The van der Waals surface area contributed by atoms with Gasteiger partial charge < -0.3 is 14.0 Å². The standard InChI is InChI=1S/C17H19N5O3/c1-21(6-5-12-8-18-22(2)9-12)10-16-19-17(20-25-16)13-3-4-14-15(7-13)24-11-23-14/h3-4,7-9H,5-6,10-11H2,1-2H3. The molecule has 25 heavy (non-hydrogen) atoms. The molecule has 8 heteroatoms. The fraction of sp³-hybridized carbons (Fsp3) is 0.353. The van der Waals surface area contributed by atoms with E-state index in [1.807, 2.05) is 49.4 Å². The summed E-state index contributed by atoms with van der Waals surface area (Å²) in [6, 6.07) is 5.62. The molecule has 4 rings (SSSR count). The second kappa shape index (κ2) is 6.56. The Hall–Kier alpha value is -2.87. The van der Waals surface area contributed by atoms with Crippen molar-refractivity contribution in [3.8, 4) is 22.9 Å². The summed E-state index contributed by atoms with van der Waals surface area (Å²) in [6.45, 7) is 1.73. The Morgan fingerprint density at radius 3 is 2.96 bits per heavy atom. The topological polar surface area (TPSA) is 78.4 Å².